The van der Waals surface area contributed by atoms with Gasteiger partial charge in [0, 0.05) is 22.8 Å². The maximum absolute atomic E-state index is 4.27. The van der Waals surface area contributed by atoms with Crippen molar-refractivity contribution in [1.29, 1.82) is 0 Å². The fraction of sp³-hybridized carbons (Fsp3) is 0.0909. The molecule has 2 aromatic rings. The molecule has 0 spiro atoms. The number of allylic oxidation sites excluding steroid dienone is 1. The summed E-state index contributed by atoms with van der Waals surface area (Å²) < 4.78 is 0. The quantitative estimate of drug-likeness (QED) is 0.747. The molecule has 14 heavy (non-hydrogen) atoms. The summed E-state index contributed by atoms with van der Waals surface area (Å²) in [6.45, 7) is 2.01. The van der Waals surface area contributed by atoms with Crippen LogP contribution in [0.2, 0.25) is 0 Å². The van der Waals surface area contributed by atoms with E-state index in [0.717, 1.165) is 11.3 Å². The van der Waals surface area contributed by atoms with Gasteiger partial charge in [-0.1, -0.05) is 6.08 Å². The first-order valence-electron chi connectivity index (χ1n) is 4.38. The van der Waals surface area contributed by atoms with Crippen LogP contribution in [0.3, 0.4) is 0 Å². The van der Waals surface area contributed by atoms with Crippen LogP contribution in [0.5, 0.6) is 0 Å². The van der Waals surface area contributed by atoms with E-state index in [2.05, 4.69) is 27.5 Å². The summed E-state index contributed by atoms with van der Waals surface area (Å²) in [6.07, 6.45) is 9.31. The zero-order valence-corrected chi connectivity index (χ0v) is 8.66. The largest absolute Gasteiger partial charge is 0.261 e. The second-order valence-corrected chi connectivity index (χ2v) is 3.74. The van der Waals surface area contributed by atoms with Crippen molar-refractivity contribution in [2.45, 2.75) is 6.92 Å². The van der Waals surface area contributed by atoms with Crippen LogP contribution >= 0.6 is 11.3 Å². The molecule has 0 aliphatic rings. The molecule has 2 heterocycles. The third kappa shape index (κ3) is 1.72. The minimum Gasteiger partial charge on any atom is -0.261 e. The lowest BCUT2D eigenvalue weighted by molar-refractivity contribution is 1.21. The van der Waals surface area contributed by atoms with E-state index in [4.69, 9.17) is 0 Å². The molecule has 2 nitrogen and oxygen atoms in total. The van der Waals surface area contributed by atoms with Crippen molar-refractivity contribution >= 4 is 17.4 Å². The summed E-state index contributed by atoms with van der Waals surface area (Å²) in [7, 11) is 0. The van der Waals surface area contributed by atoms with Gasteiger partial charge < -0.3 is 0 Å². The second-order valence-electron chi connectivity index (χ2n) is 2.79. The Morgan fingerprint density at radius 1 is 1.36 bits per heavy atom. The Bertz CT molecular complexity index is 432. The van der Waals surface area contributed by atoms with Crippen molar-refractivity contribution in [3.05, 3.63) is 41.0 Å². The van der Waals surface area contributed by atoms with E-state index in [9.17, 15) is 0 Å². The molecule has 0 aliphatic heterocycles. The van der Waals surface area contributed by atoms with E-state index in [0.29, 0.717) is 0 Å². The molecule has 0 fully saturated rings. The minimum absolute atomic E-state index is 0.932. The Kier molecular flexibility index (Phi) is 2.70. The zero-order chi connectivity index (χ0) is 9.80. The van der Waals surface area contributed by atoms with Crippen LogP contribution in [0.15, 0.2) is 36.1 Å². The fourth-order valence-electron chi connectivity index (χ4n) is 1.25. The van der Waals surface area contributed by atoms with Crippen molar-refractivity contribution in [2.24, 2.45) is 0 Å². The first-order valence-corrected chi connectivity index (χ1v) is 5.26. The maximum atomic E-state index is 4.27. The SMILES string of the molecule is C/C=C/c1sccc1-c1cnccn1. The van der Waals surface area contributed by atoms with Gasteiger partial charge in [-0.25, -0.2) is 0 Å². The van der Waals surface area contributed by atoms with E-state index in [1.165, 1.54) is 4.88 Å². The Morgan fingerprint density at radius 3 is 3.00 bits per heavy atom. The summed E-state index contributed by atoms with van der Waals surface area (Å²) in [4.78, 5) is 9.56. The third-order valence-electron chi connectivity index (χ3n) is 1.85. The summed E-state index contributed by atoms with van der Waals surface area (Å²) in [5.74, 6) is 0. The molecule has 2 rings (SSSR count). The predicted octanol–water partition coefficient (Wildman–Crippen LogP) is 3.24. The van der Waals surface area contributed by atoms with Crippen LogP contribution < -0.4 is 0 Å². The van der Waals surface area contributed by atoms with Crippen molar-refractivity contribution in [1.82, 2.24) is 9.97 Å². The minimum atomic E-state index is 0.932. The van der Waals surface area contributed by atoms with Gasteiger partial charge in [0.1, 0.15) is 0 Å². The van der Waals surface area contributed by atoms with Crippen molar-refractivity contribution in [3.8, 4) is 11.3 Å². The van der Waals surface area contributed by atoms with Gasteiger partial charge in [0.05, 0.1) is 11.9 Å². The van der Waals surface area contributed by atoms with Crippen molar-refractivity contribution < 1.29 is 0 Å². The molecule has 0 unspecified atom stereocenters. The molecule has 0 aromatic carbocycles. The average Bonchev–Trinajstić information content (AvgIpc) is 2.68. The van der Waals surface area contributed by atoms with Gasteiger partial charge >= 0.3 is 0 Å². The molecule has 0 aliphatic carbocycles. The van der Waals surface area contributed by atoms with Gasteiger partial charge in [-0.15, -0.1) is 11.3 Å². The van der Waals surface area contributed by atoms with Crippen LogP contribution in [-0.2, 0) is 0 Å². The highest BCUT2D eigenvalue weighted by molar-refractivity contribution is 7.11. The topological polar surface area (TPSA) is 25.8 Å². The molecular weight excluding hydrogens is 192 g/mol. The summed E-state index contributed by atoms with van der Waals surface area (Å²) >= 11 is 1.71. The first kappa shape index (κ1) is 9.09. The summed E-state index contributed by atoms with van der Waals surface area (Å²) in [5, 5.41) is 2.07. The van der Waals surface area contributed by atoms with E-state index in [1.807, 2.05) is 13.0 Å². The summed E-state index contributed by atoms with van der Waals surface area (Å²) in [6, 6.07) is 2.07. The summed E-state index contributed by atoms with van der Waals surface area (Å²) in [5.41, 5.74) is 2.09. The Hall–Kier alpha value is -1.48. The van der Waals surface area contributed by atoms with E-state index >= 15 is 0 Å². The van der Waals surface area contributed by atoms with Crippen LogP contribution in [0.25, 0.3) is 17.3 Å². The van der Waals surface area contributed by atoms with Gasteiger partial charge in [0.2, 0.25) is 0 Å². The molecule has 0 bridgehead atoms. The lowest BCUT2D eigenvalue weighted by Crippen LogP contribution is -1.83. The monoisotopic (exact) mass is 202 g/mol. The average molecular weight is 202 g/mol. The fourth-order valence-corrected chi connectivity index (χ4v) is 2.12. The zero-order valence-electron chi connectivity index (χ0n) is 7.84. The third-order valence-corrected chi connectivity index (χ3v) is 2.73. The molecule has 0 saturated heterocycles. The van der Waals surface area contributed by atoms with E-state index in [1.54, 1.807) is 29.9 Å². The van der Waals surface area contributed by atoms with Gasteiger partial charge in [-0.2, -0.15) is 0 Å². The van der Waals surface area contributed by atoms with Crippen LogP contribution in [-0.4, -0.2) is 9.97 Å². The first-order chi connectivity index (χ1) is 6.92. The molecule has 0 amide bonds. The maximum Gasteiger partial charge on any atom is 0.0899 e. The highest BCUT2D eigenvalue weighted by atomic mass is 32.1. The van der Waals surface area contributed by atoms with Gasteiger partial charge in [0.25, 0.3) is 0 Å². The number of rotatable bonds is 2. The number of aromatic nitrogens is 2. The number of nitrogens with zero attached hydrogens (tertiary/aromatic N) is 2. The van der Waals surface area contributed by atoms with Gasteiger partial charge in [-0.3, -0.25) is 9.97 Å². The van der Waals surface area contributed by atoms with Gasteiger partial charge in [0.15, 0.2) is 0 Å². The number of hydrogen-bond donors (Lipinski definition) is 0. The smallest absolute Gasteiger partial charge is 0.0899 e. The number of thiophene rings is 1. The molecule has 0 saturated carbocycles. The van der Waals surface area contributed by atoms with Crippen LogP contribution in [0.4, 0.5) is 0 Å². The second kappa shape index (κ2) is 4.15. The molecular formula is C11H10N2S. The Morgan fingerprint density at radius 2 is 2.29 bits per heavy atom. The Balaban J connectivity index is 2.47. The van der Waals surface area contributed by atoms with Crippen molar-refractivity contribution in [3.63, 3.8) is 0 Å². The van der Waals surface area contributed by atoms with E-state index in [-0.39, 0.29) is 0 Å². The lowest BCUT2D eigenvalue weighted by atomic mass is 10.2. The standard InChI is InChI=1S/C11H10N2S/c1-2-3-11-9(4-7-14-11)10-8-12-5-6-13-10/h2-8H,1H3/b3-2+. The van der Waals surface area contributed by atoms with E-state index < -0.39 is 0 Å². The highest BCUT2D eigenvalue weighted by Gasteiger charge is 2.04. The molecule has 3 heteroatoms. The molecule has 0 atom stereocenters. The Labute approximate surface area is 87.0 Å². The highest BCUT2D eigenvalue weighted by Crippen LogP contribution is 2.27. The lowest BCUT2D eigenvalue weighted by Gasteiger charge is -1.97. The molecule has 2 aromatic heterocycles. The molecule has 0 N–H and O–H groups in total. The van der Waals surface area contributed by atoms with Crippen LogP contribution in [0, 0.1) is 0 Å². The predicted molar refractivity (Wildman–Crippen MR) is 60.1 cm³/mol. The molecule has 70 valence electrons. The molecule has 0 radical (unpaired) electrons. The van der Waals surface area contributed by atoms with Gasteiger partial charge in [-0.05, 0) is 24.4 Å². The van der Waals surface area contributed by atoms with Crippen LogP contribution in [0.1, 0.15) is 11.8 Å². The van der Waals surface area contributed by atoms with Crippen molar-refractivity contribution in [2.75, 3.05) is 0 Å². The normalized spacial score (nSPS) is 10.9. The number of hydrogen-bond acceptors (Lipinski definition) is 3.